The number of thiophene rings is 1. The molecule has 0 saturated heterocycles. The second-order valence-electron chi connectivity index (χ2n) is 9.16. The summed E-state index contributed by atoms with van der Waals surface area (Å²) in [5, 5.41) is 12.3. The Balaban J connectivity index is 1.56. The molecule has 2 aromatic carbocycles. The number of amides is 1. The van der Waals surface area contributed by atoms with Crippen LogP contribution >= 0.6 is 11.3 Å². The van der Waals surface area contributed by atoms with Gasteiger partial charge in [0, 0.05) is 6.54 Å². The third-order valence-corrected chi connectivity index (χ3v) is 7.12. The maximum absolute atomic E-state index is 13.3. The highest BCUT2D eigenvalue weighted by atomic mass is 32.1. The maximum Gasteiger partial charge on any atom is 0.347 e. The number of carboxylic acids is 1. The van der Waals surface area contributed by atoms with Gasteiger partial charge in [-0.2, -0.15) is 0 Å². The van der Waals surface area contributed by atoms with Crippen molar-refractivity contribution in [2.75, 3.05) is 7.11 Å². The van der Waals surface area contributed by atoms with Crippen LogP contribution in [0.2, 0.25) is 0 Å². The lowest BCUT2D eigenvalue weighted by molar-refractivity contribution is -0.152. The van der Waals surface area contributed by atoms with E-state index in [1.807, 2.05) is 24.3 Å². The SMILES string of the molecule is COc1cccc(CNC(=O)c2cc3c(=O)n(C(C)c4ccc(OC(C)(C)C(=O)O)cc4)c(=O)[nH]c3s2)c1. The van der Waals surface area contributed by atoms with Gasteiger partial charge in [0.05, 0.1) is 23.4 Å². The van der Waals surface area contributed by atoms with Crippen molar-refractivity contribution >= 4 is 33.4 Å². The summed E-state index contributed by atoms with van der Waals surface area (Å²) in [6.07, 6.45) is 0. The molecular weight excluding hydrogens is 510 g/mol. The molecule has 1 atom stereocenters. The monoisotopic (exact) mass is 537 g/mol. The van der Waals surface area contributed by atoms with Gasteiger partial charge in [0.15, 0.2) is 5.60 Å². The third-order valence-electron chi connectivity index (χ3n) is 6.07. The van der Waals surface area contributed by atoms with Crippen LogP contribution in [0, 0.1) is 0 Å². The van der Waals surface area contributed by atoms with E-state index in [0.29, 0.717) is 26.8 Å². The van der Waals surface area contributed by atoms with Crippen LogP contribution < -0.4 is 26.0 Å². The lowest BCUT2D eigenvalue weighted by Gasteiger charge is -2.22. The number of nitrogens with zero attached hydrogens (tertiary/aromatic N) is 1. The number of hydrogen-bond acceptors (Lipinski definition) is 7. The fraction of sp³-hybridized carbons (Fsp3) is 0.259. The van der Waals surface area contributed by atoms with E-state index in [2.05, 4.69) is 10.3 Å². The van der Waals surface area contributed by atoms with Crippen molar-refractivity contribution in [3.8, 4) is 11.5 Å². The Morgan fingerprint density at radius 3 is 2.47 bits per heavy atom. The van der Waals surface area contributed by atoms with Crippen molar-refractivity contribution in [2.45, 2.75) is 39.0 Å². The normalized spacial score (nSPS) is 12.2. The zero-order chi connectivity index (χ0) is 27.6. The number of aromatic nitrogens is 2. The summed E-state index contributed by atoms with van der Waals surface area (Å²) in [5.41, 5.74) is -1.04. The zero-order valence-electron chi connectivity index (χ0n) is 21.2. The largest absolute Gasteiger partial charge is 0.497 e. The molecule has 0 radical (unpaired) electrons. The van der Waals surface area contributed by atoms with E-state index in [0.717, 1.165) is 21.5 Å². The molecule has 1 amide bonds. The van der Waals surface area contributed by atoms with Gasteiger partial charge in [-0.05, 0) is 62.2 Å². The van der Waals surface area contributed by atoms with E-state index in [1.165, 1.54) is 19.9 Å². The van der Waals surface area contributed by atoms with Crippen molar-refractivity contribution < 1.29 is 24.2 Å². The van der Waals surface area contributed by atoms with Crippen molar-refractivity contribution in [2.24, 2.45) is 0 Å². The molecule has 0 saturated carbocycles. The fourth-order valence-corrected chi connectivity index (χ4v) is 4.80. The second kappa shape index (κ2) is 10.5. The molecule has 3 N–H and O–H groups in total. The molecule has 198 valence electrons. The summed E-state index contributed by atoms with van der Waals surface area (Å²) in [5.74, 6) is -0.455. The van der Waals surface area contributed by atoms with Gasteiger partial charge in [0.1, 0.15) is 16.3 Å². The molecule has 4 aromatic rings. The summed E-state index contributed by atoms with van der Waals surface area (Å²) < 4.78 is 11.8. The minimum absolute atomic E-state index is 0.233. The number of carboxylic acid groups (broad SMARTS) is 1. The topological polar surface area (TPSA) is 140 Å². The van der Waals surface area contributed by atoms with Crippen LogP contribution in [-0.2, 0) is 11.3 Å². The van der Waals surface area contributed by atoms with Crippen molar-refractivity contribution in [1.82, 2.24) is 14.9 Å². The first kappa shape index (κ1) is 26.7. The lowest BCUT2D eigenvalue weighted by Crippen LogP contribution is -2.38. The summed E-state index contributed by atoms with van der Waals surface area (Å²) in [4.78, 5) is 53.5. The first-order valence-electron chi connectivity index (χ1n) is 11.7. The number of H-pyrrole nitrogens is 1. The Morgan fingerprint density at radius 1 is 1.11 bits per heavy atom. The molecule has 1 unspecified atom stereocenters. The quantitative estimate of drug-likeness (QED) is 0.297. The van der Waals surface area contributed by atoms with E-state index in [9.17, 15) is 24.3 Å². The molecule has 0 aliphatic heterocycles. The average Bonchev–Trinajstić information content (AvgIpc) is 3.32. The molecule has 2 aromatic heterocycles. The number of rotatable bonds is 9. The van der Waals surface area contributed by atoms with Crippen molar-refractivity contribution in [1.29, 1.82) is 0 Å². The highest BCUT2D eigenvalue weighted by Gasteiger charge is 2.29. The van der Waals surface area contributed by atoms with E-state index in [-0.39, 0.29) is 17.8 Å². The predicted octanol–water partition coefficient (Wildman–Crippen LogP) is 3.54. The number of ether oxygens (including phenoxy) is 2. The van der Waals surface area contributed by atoms with Gasteiger partial charge >= 0.3 is 11.7 Å². The van der Waals surface area contributed by atoms with Gasteiger partial charge in [0.25, 0.3) is 11.5 Å². The molecular formula is C27H27N3O7S. The number of hydrogen-bond donors (Lipinski definition) is 3. The van der Waals surface area contributed by atoms with E-state index in [4.69, 9.17) is 9.47 Å². The minimum Gasteiger partial charge on any atom is -0.497 e. The number of nitrogens with one attached hydrogen (secondary N) is 2. The lowest BCUT2D eigenvalue weighted by atomic mass is 10.1. The summed E-state index contributed by atoms with van der Waals surface area (Å²) in [7, 11) is 1.57. The Hall–Kier alpha value is -4.38. The van der Waals surface area contributed by atoms with Crippen LogP contribution in [0.1, 0.15) is 47.6 Å². The van der Waals surface area contributed by atoms with Crippen molar-refractivity contribution in [3.05, 3.63) is 91.4 Å². The van der Waals surface area contributed by atoms with Gasteiger partial charge in [-0.25, -0.2) is 9.59 Å². The molecule has 2 heterocycles. The standard InChI is InChI=1S/C27H27N3O7S/c1-15(17-8-10-18(11-9-17)37-27(2,3)25(33)34)30-24(32)20-13-21(38-23(20)29-26(30)35)22(31)28-14-16-6-5-7-19(12-16)36-4/h5-13,15H,14H2,1-4H3,(H,28,31)(H,29,35)(H,33,34). The Kier molecular flexibility index (Phi) is 7.40. The summed E-state index contributed by atoms with van der Waals surface area (Å²) in [6, 6.07) is 14.7. The minimum atomic E-state index is -1.41. The second-order valence-corrected chi connectivity index (χ2v) is 10.2. The molecule has 0 spiro atoms. The number of aromatic amines is 1. The molecule has 0 aliphatic carbocycles. The highest BCUT2D eigenvalue weighted by molar-refractivity contribution is 7.20. The molecule has 0 bridgehead atoms. The first-order chi connectivity index (χ1) is 18.0. The Bertz CT molecular complexity index is 1620. The Labute approximate surface area is 221 Å². The predicted molar refractivity (Wildman–Crippen MR) is 143 cm³/mol. The number of methoxy groups -OCH3 is 1. The van der Waals surface area contributed by atoms with Crippen LogP contribution in [0.4, 0.5) is 0 Å². The number of fused-ring (bicyclic) bond motifs is 1. The van der Waals surface area contributed by atoms with Gasteiger partial charge in [-0.1, -0.05) is 24.3 Å². The molecule has 11 heteroatoms. The highest BCUT2D eigenvalue weighted by Crippen LogP contribution is 2.24. The van der Waals surface area contributed by atoms with Crippen molar-refractivity contribution in [3.63, 3.8) is 0 Å². The van der Waals surface area contributed by atoms with Gasteiger partial charge in [-0.3, -0.25) is 19.1 Å². The fourth-order valence-electron chi connectivity index (χ4n) is 3.84. The van der Waals surface area contributed by atoms with Gasteiger partial charge < -0.3 is 19.9 Å². The van der Waals surface area contributed by atoms with Crippen LogP contribution in [0.25, 0.3) is 10.2 Å². The maximum atomic E-state index is 13.3. The van der Waals surface area contributed by atoms with Crippen LogP contribution in [-0.4, -0.2) is 39.2 Å². The third kappa shape index (κ3) is 5.47. The number of aliphatic carboxylic acids is 1. The zero-order valence-corrected chi connectivity index (χ0v) is 22.0. The molecule has 0 aliphatic rings. The average molecular weight is 538 g/mol. The molecule has 4 rings (SSSR count). The molecule has 38 heavy (non-hydrogen) atoms. The van der Waals surface area contributed by atoms with Crippen LogP contribution in [0.3, 0.4) is 0 Å². The van der Waals surface area contributed by atoms with Crippen LogP contribution in [0.5, 0.6) is 11.5 Å². The first-order valence-corrected chi connectivity index (χ1v) is 12.5. The number of carbonyl (C=O) groups is 2. The van der Waals surface area contributed by atoms with E-state index < -0.39 is 28.9 Å². The number of benzene rings is 2. The van der Waals surface area contributed by atoms with Crippen LogP contribution in [0.15, 0.2) is 64.2 Å². The van der Waals surface area contributed by atoms with Gasteiger partial charge in [0.2, 0.25) is 0 Å². The summed E-state index contributed by atoms with van der Waals surface area (Å²) >= 11 is 1.03. The Morgan fingerprint density at radius 2 is 1.82 bits per heavy atom. The molecule has 10 nitrogen and oxygen atoms in total. The van der Waals surface area contributed by atoms with Gasteiger partial charge in [-0.15, -0.1) is 11.3 Å². The number of carbonyl (C=O) groups excluding carboxylic acids is 1. The molecule has 0 fully saturated rings. The summed E-state index contributed by atoms with van der Waals surface area (Å²) in [6.45, 7) is 4.85. The van der Waals surface area contributed by atoms with E-state index in [1.54, 1.807) is 38.3 Å². The van der Waals surface area contributed by atoms with E-state index >= 15 is 0 Å². The smallest absolute Gasteiger partial charge is 0.347 e.